The molecule has 0 fully saturated rings. The number of rotatable bonds is 5. The third kappa shape index (κ3) is 2.99. The standard InChI is InChI=1S/C10H11F2NO2/c1-15-10-5-8(11)7(4-9(10)12)6-13-2-3-14/h3-5,13H,2,6H2,1H3. The Labute approximate surface area is 86.0 Å². The number of hydrogen-bond donors (Lipinski definition) is 1. The zero-order valence-corrected chi connectivity index (χ0v) is 8.22. The molecule has 0 heterocycles. The van der Waals surface area contributed by atoms with Gasteiger partial charge >= 0.3 is 0 Å². The van der Waals surface area contributed by atoms with Crippen molar-refractivity contribution >= 4 is 6.29 Å². The summed E-state index contributed by atoms with van der Waals surface area (Å²) in [5.41, 5.74) is 0.162. The van der Waals surface area contributed by atoms with Crippen molar-refractivity contribution in [3.8, 4) is 5.75 Å². The lowest BCUT2D eigenvalue weighted by Gasteiger charge is -2.07. The van der Waals surface area contributed by atoms with Crippen LogP contribution in [0.3, 0.4) is 0 Å². The van der Waals surface area contributed by atoms with Gasteiger partial charge in [0.1, 0.15) is 12.1 Å². The molecule has 0 saturated carbocycles. The maximum Gasteiger partial charge on any atom is 0.165 e. The molecule has 0 radical (unpaired) electrons. The molecule has 82 valence electrons. The Bertz CT molecular complexity index is 356. The number of ether oxygens (including phenoxy) is 1. The number of hydrogen-bond acceptors (Lipinski definition) is 3. The van der Waals surface area contributed by atoms with Crippen LogP contribution in [0.15, 0.2) is 12.1 Å². The van der Waals surface area contributed by atoms with Gasteiger partial charge in [0, 0.05) is 18.2 Å². The quantitative estimate of drug-likeness (QED) is 0.593. The summed E-state index contributed by atoms with van der Waals surface area (Å²) in [6.07, 6.45) is 0.651. The lowest BCUT2D eigenvalue weighted by atomic mass is 10.2. The molecular formula is C10H11F2NO2. The normalized spacial score (nSPS) is 10.1. The highest BCUT2D eigenvalue weighted by Crippen LogP contribution is 2.20. The minimum Gasteiger partial charge on any atom is -0.494 e. The van der Waals surface area contributed by atoms with Gasteiger partial charge in [-0.15, -0.1) is 0 Å². The van der Waals surface area contributed by atoms with E-state index in [4.69, 9.17) is 0 Å². The predicted molar refractivity (Wildman–Crippen MR) is 50.7 cm³/mol. The average Bonchev–Trinajstić information content (AvgIpc) is 2.23. The van der Waals surface area contributed by atoms with E-state index in [-0.39, 0.29) is 24.4 Å². The Morgan fingerprint density at radius 1 is 1.40 bits per heavy atom. The van der Waals surface area contributed by atoms with Crippen LogP contribution in [-0.4, -0.2) is 19.9 Å². The molecule has 0 saturated heterocycles. The molecular weight excluding hydrogens is 204 g/mol. The zero-order valence-electron chi connectivity index (χ0n) is 8.22. The van der Waals surface area contributed by atoms with Crippen LogP contribution in [0, 0.1) is 11.6 Å². The SMILES string of the molecule is COc1cc(F)c(CNCC=O)cc1F. The predicted octanol–water partition coefficient (Wildman–Crippen LogP) is 1.26. The number of aldehydes is 1. The highest BCUT2D eigenvalue weighted by molar-refractivity contribution is 5.51. The molecule has 0 aromatic heterocycles. The number of carbonyl (C=O) groups excluding carboxylic acids is 1. The third-order valence-corrected chi connectivity index (χ3v) is 1.86. The Balaban J connectivity index is 2.80. The van der Waals surface area contributed by atoms with Gasteiger partial charge in [-0.3, -0.25) is 0 Å². The second-order valence-electron chi connectivity index (χ2n) is 2.88. The summed E-state index contributed by atoms with van der Waals surface area (Å²) < 4.78 is 31.0. The van der Waals surface area contributed by atoms with Crippen molar-refractivity contribution < 1.29 is 18.3 Å². The van der Waals surface area contributed by atoms with Crippen LogP contribution >= 0.6 is 0 Å². The topological polar surface area (TPSA) is 38.3 Å². The first-order chi connectivity index (χ1) is 7.19. The van der Waals surface area contributed by atoms with Gasteiger partial charge in [-0.1, -0.05) is 0 Å². The monoisotopic (exact) mass is 215 g/mol. The summed E-state index contributed by atoms with van der Waals surface area (Å²) in [4.78, 5) is 10.00. The first kappa shape index (κ1) is 11.6. The number of carbonyl (C=O) groups is 1. The Hall–Kier alpha value is -1.49. The summed E-state index contributed by atoms with van der Waals surface area (Å²) in [7, 11) is 1.27. The van der Waals surface area contributed by atoms with Crippen LogP contribution in [0.25, 0.3) is 0 Å². The van der Waals surface area contributed by atoms with Gasteiger partial charge < -0.3 is 14.8 Å². The van der Waals surface area contributed by atoms with Crippen LogP contribution < -0.4 is 10.1 Å². The van der Waals surface area contributed by atoms with Crippen molar-refractivity contribution in [2.24, 2.45) is 0 Å². The van der Waals surface area contributed by atoms with Gasteiger partial charge in [0.05, 0.1) is 13.7 Å². The summed E-state index contributed by atoms with van der Waals surface area (Å²) in [6.45, 7) is 0.207. The Morgan fingerprint density at radius 2 is 2.13 bits per heavy atom. The minimum atomic E-state index is -0.623. The highest BCUT2D eigenvalue weighted by atomic mass is 19.1. The largest absolute Gasteiger partial charge is 0.494 e. The summed E-state index contributed by atoms with van der Waals surface area (Å²) in [5, 5.41) is 2.64. The van der Waals surface area contributed by atoms with Crippen molar-refractivity contribution in [1.29, 1.82) is 0 Å². The fourth-order valence-corrected chi connectivity index (χ4v) is 1.13. The van der Waals surface area contributed by atoms with Gasteiger partial charge in [0.25, 0.3) is 0 Å². The molecule has 3 nitrogen and oxygen atoms in total. The van der Waals surface area contributed by atoms with E-state index in [9.17, 15) is 13.6 Å². The summed E-state index contributed by atoms with van der Waals surface area (Å²) >= 11 is 0. The number of nitrogens with one attached hydrogen (secondary N) is 1. The van der Waals surface area contributed by atoms with Crippen molar-refractivity contribution in [2.45, 2.75) is 6.54 Å². The van der Waals surface area contributed by atoms with Crippen LogP contribution in [0.4, 0.5) is 8.78 Å². The minimum absolute atomic E-state index is 0.103. The van der Waals surface area contributed by atoms with Crippen molar-refractivity contribution in [3.05, 3.63) is 29.3 Å². The molecule has 0 bridgehead atoms. The van der Waals surface area contributed by atoms with E-state index >= 15 is 0 Å². The molecule has 0 atom stereocenters. The fourth-order valence-electron chi connectivity index (χ4n) is 1.13. The molecule has 0 aliphatic rings. The van der Waals surface area contributed by atoms with Crippen molar-refractivity contribution in [2.75, 3.05) is 13.7 Å². The van der Waals surface area contributed by atoms with E-state index in [1.54, 1.807) is 0 Å². The summed E-state index contributed by atoms with van der Waals surface area (Å²) in [6, 6.07) is 2.03. The van der Waals surface area contributed by atoms with Crippen LogP contribution in [-0.2, 0) is 11.3 Å². The second kappa shape index (κ2) is 5.41. The zero-order chi connectivity index (χ0) is 11.3. The fraction of sp³-hybridized carbons (Fsp3) is 0.300. The average molecular weight is 215 g/mol. The van der Waals surface area contributed by atoms with E-state index in [1.165, 1.54) is 7.11 Å². The van der Waals surface area contributed by atoms with E-state index in [0.717, 1.165) is 12.1 Å². The molecule has 15 heavy (non-hydrogen) atoms. The smallest absolute Gasteiger partial charge is 0.165 e. The van der Waals surface area contributed by atoms with Gasteiger partial charge in [0.15, 0.2) is 11.6 Å². The maximum atomic E-state index is 13.3. The lowest BCUT2D eigenvalue weighted by molar-refractivity contribution is -0.107. The van der Waals surface area contributed by atoms with Crippen LogP contribution in [0.5, 0.6) is 5.75 Å². The molecule has 0 unspecified atom stereocenters. The lowest BCUT2D eigenvalue weighted by Crippen LogP contribution is -2.16. The molecule has 0 aliphatic heterocycles. The highest BCUT2D eigenvalue weighted by Gasteiger charge is 2.09. The van der Waals surface area contributed by atoms with Crippen LogP contribution in [0.2, 0.25) is 0 Å². The van der Waals surface area contributed by atoms with Crippen molar-refractivity contribution in [3.63, 3.8) is 0 Å². The third-order valence-electron chi connectivity index (χ3n) is 1.86. The molecule has 5 heteroatoms. The van der Waals surface area contributed by atoms with Gasteiger partial charge in [-0.2, -0.15) is 0 Å². The van der Waals surface area contributed by atoms with Crippen molar-refractivity contribution in [1.82, 2.24) is 5.32 Å². The molecule has 1 N–H and O–H groups in total. The maximum absolute atomic E-state index is 13.3. The number of benzene rings is 1. The van der Waals surface area contributed by atoms with Gasteiger partial charge in [-0.25, -0.2) is 8.78 Å². The second-order valence-corrected chi connectivity index (χ2v) is 2.88. The molecule has 0 amide bonds. The van der Waals surface area contributed by atoms with Crippen LogP contribution in [0.1, 0.15) is 5.56 Å². The first-order valence-corrected chi connectivity index (χ1v) is 4.35. The van der Waals surface area contributed by atoms with E-state index in [2.05, 4.69) is 10.1 Å². The molecule has 0 spiro atoms. The molecule has 1 aromatic rings. The Morgan fingerprint density at radius 3 is 2.73 bits per heavy atom. The first-order valence-electron chi connectivity index (χ1n) is 4.35. The van der Waals surface area contributed by atoms with E-state index in [1.807, 2.05) is 0 Å². The molecule has 1 aromatic carbocycles. The van der Waals surface area contributed by atoms with E-state index < -0.39 is 11.6 Å². The van der Waals surface area contributed by atoms with Gasteiger partial charge in [-0.05, 0) is 6.07 Å². The Kier molecular flexibility index (Phi) is 4.17. The number of methoxy groups -OCH3 is 1. The summed E-state index contributed by atoms with van der Waals surface area (Å²) in [5.74, 6) is -1.32. The number of halogens is 2. The van der Waals surface area contributed by atoms with Gasteiger partial charge in [0.2, 0.25) is 0 Å². The molecule has 1 rings (SSSR count). The molecule has 0 aliphatic carbocycles. The van der Waals surface area contributed by atoms with E-state index in [0.29, 0.717) is 6.29 Å².